The maximum atomic E-state index is 9.29. The average Bonchev–Trinajstić information content (AvgIpc) is 1.99. The summed E-state index contributed by atoms with van der Waals surface area (Å²) >= 11 is 0. The summed E-state index contributed by atoms with van der Waals surface area (Å²) in [7, 11) is -14.1. The molecule has 0 aromatic carbocycles. The molecule has 4 atom stereocenters. The van der Waals surface area contributed by atoms with E-state index >= 15 is 0 Å². The van der Waals surface area contributed by atoms with E-state index in [9.17, 15) is 37.8 Å². The molecule has 11 nitrogen and oxygen atoms in total. The van der Waals surface area contributed by atoms with Gasteiger partial charge in [-0.05, 0) is 6.92 Å². The molecule has 0 heterocycles. The van der Waals surface area contributed by atoms with Crippen LogP contribution in [0.4, 0.5) is 0 Å². The van der Waals surface area contributed by atoms with Crippen LogP contribution in [0.15, 0.2) is 0 Å². The first-order valence-electron chi connectivity index (χ1n) is 3.47. The Labute approximate surface area is 119 Å². The molecule has 0 aliphatic heterocycles. The molecular weight excluding hydrogens is 420 g/mol. The Hall–Kier alpha value is 1.33. The Kier molecular flexibility index (Phi) is 31.7. The molecule has 18 heavy (non-hydrogen) atoms. The van der Waals surface area contributed by atoms with Crippen molar-refractivity contribution in [3.63, 3.8) is 0 Å². The van der Waals surface area contributed by atoms with E-state index in [0.29, 0.717) is 0 Å². The number of rotatable bonds is 4. The van der Waals surface area contributed by atoms with Crippen LogP contribution in [0, 0.1) is 0 Å². The normalized spacial score (nSPS) is 15.4. The van der Waals surface area contributed by atoms with Gasteiger partial charge in [0.2, 0.25) is 0 Å². The van der Waals surface area contributed by atoms with Crippen molar-refractivity contribution >= 4 is 33.0 Å². The maximum absolute atomic E-state index is 9.29. The zero-order valence-electron chi connectivity index (χ0n) is 8.65. The summed E-state index contributed by atoms with van der Waals surface area (Å²) < 4.78 is 43.6. The molecule has 0 saturated carbocycles. The van der Waals surface area contributed by atoms with Crippen LogP contribution in [-0.2, 0) is 47.9 Å². The Bertz CT molecular complexity index is 218. The molecule has 0 bridgehead atoms. The van der Waals surface area contributed by atoms with Crippen LogP contribution >= 0.6 is 33.0 Å². The van der Waals surface area contributed by atoms with Gasteiger partial charge in [0.25, 0.3) is 0 Å². The van der Waals surface area contributed by atoms with Crippen LogP contribution in [0.1, 0.15) is 6.92 Å². The van der Waals surface area contributed by atoms with Gasteiger partial charge in [-0.2, -0.15) is 0 Å². The predicted molar refractivity (Wildman–Crippen MR) is 50.9 cm³/mol. The Morgan fingerprint density at radius 3 is 0.944 bits per heavy atom. The van der Waals surface area contributed by atoms with E-state index in [2.05, 4.69) is 8.62 Å². The zero-order chi connectivity index (χ0) is 14.4. The molecule has 0 aromatic rings. The minimum absolute atomic E-state index is 0. The van der Waals surface area contributed by atoms with Gasteiger partial charge in [-0.3, -0.25) is 8.62 Å². The molecule has 0 aliphatic rings. The average molecular weight is 430 g/mol. The third-order valence-electron chi connectivity index (χ3n) is 0.333. The van der Waals surface area contributed by atoms with Gasteiger partial charge in [-0.1, -0.05) is 0 Å². The van der Waals surface area contributed by atoms with E-state index in [1.165, 1.54) is 0 Å². The van der Waals surface area contributed by atoms with Crippen LogP contribution in [-0.4, -0.2) is 11.7 Å². The Morgan fingerprint density at radius 2 is 0.944 bits per heavy atom. The first kappa shape index (κ1) is 27.6. The van der Waals surface area contributed by atoms with Crippen LogP contribution < -0.4 is 19.6 Å². The molecule has 0 radical (unpaired) electrons. The second-order valence-electron chi connectivity index (χ2n) is 1.52. The fraction of sp³-hybridized carbons (Fsp3) is 1.00. The minimum atomic E-state index is -3.51. The Morgan fingerprint density at radius 1 is 0.833 bits per heavy atom. The smallest absolute Gasteiger partial charge is 0.781 e. The molecule has 0 rings (SSSR count). The van der Waals surface area contributed by atoms with Crippen molar-refractivity contribution in [2.45, 2.75) is 6.92 Å². The van der Waals surface area contributed by atoms with Crippen molar-refractivity contribution in [3.05, 3.63) is 0 Å². The van der Waals surface area contributed by atoms with Crippen molar-refractivity contribution in [2.24, 2.45) is 0 Å². The second-order valence-corrected chi connectivity index (χ2v) is 5.15. The predicted octanol–water partition coefficient (Wildman–Crippen LogP) is -3.00. The molecule has 0 fully saturated rings. The van der Waals surface area contributed by atoms with E-state index in [0.717, 1.165) is 0 Å². The van der Waals surface area contributed by atoms with E-state index in [4.69, 9.17) is 5.11 Å². The van der Waals surface area contributed by atoms with Gasteiger partial charge in [0.05, 0.1) is 0 Å². The fourth-order valence-electron chi connectivity index (χ4n) is 0.136. The molecule has 0 aliphatic carbocycles. The molecule has 0 spiro atoms. The van der Waals surface area contributed by atoms with Gasteiger partial charge in [-0.15, -0.1) is 0 Å². The zero-order valence-corrected chi connectivity index (χ0v) is 14.7. The topological polar surface area (TPSA) is 199 Å². The van der Waals surface area contributed by atoms with Gasteiger partial charge in [-0.25, -0.2) is 0 Å². The summed E-state index contributed by atoms with van der Waals surface area (Å²) in [6, 6.07) is 0. The summed E-state index contributed by atoms with van der Waals surface area (Å²) in [5.41, 5.74) is 0. The summed E-state index contributed by atoms with van der Waals surface area (Å²) in [5, 5.41) is 7.57. The standard InChI is InChI=1S/C2H6O.Mo.2H4O5P2/c1-2-3;;2*1-6(2)5-7(3)4/h3H,2H2,1H3;;2*6-7H,(H,1,2)(H,3,4)/q;+4;;/p-4. The third-order valence-corrected chi connectivity index (χ3v) is 3.00. The molecule has 110 valence electrons. The first-order valence-corrected chi connectivity index (χ1v) is 8.37. The monoisotopic (exact) mass is 432 g/mol. The summed E-state index contributed by atoms with van der Waals surface area (Å²) in [6.45, 7) is 1.93. The van der Waals surface area contributed by atoms with Crippen molar-refractivity contribution in [1.29, 1.82) is 0 Å². The van der Waals surface area contributed by atoms with Gasteiger partial charge >= 0.3 is 21.1 Å². The van der Waals surface area contributed by atoms with Crippen molar-refractivity contribution in [2.75, 3.05) is 6.61 Å². The van der Waals surface area contributed by atoms with Crippen LogP contribution in [0.3, 0.4) is 0 Å². The number of hydrogen-bond donors (Lipinski definition) is 1. The summed E-state index contributed by atoms with van der Waals surface area (Å²) in [5.74, 6) is 0. The van der Waals surface area contributed by atoms with Crippen LogP contribution in [0.2, 0.25) is 0 Å². The molecular formula is C2H10MoO11P4. The van der Waals surface area contributed by atoms with E-state index in [1.807, 2.05) is 0 Å². The van der Waals surface area contributed by atoms with Gasteiger partial charge in [0.15, 0.2) is 0 Å². The molecule has 0 saturated heterocycles. The van der Waals surface area contributed by atoms with Crippen LogP contribution in [0.25, 0.3) is 0 Å². The van der Waals surface area contributed by atoms with Gasteiger partial charge in [0.1, 0.15) is 33.0 Å². The molecule has 16 heteroatoms. The van der Waals surface area contributed by atoms with E-state index < -0.39 is 33.0 Å². The first-order chi connectivity index (χ1) is 7.67. The largest absolute Gasteiger partial charge is 4.00 e. The van der Waals surface area contributed by atoms with Crippen LogP contribution in [0.5, 0.6) is 0 Å². The van der Waals surface area contributed by atoms with E-state index in [-0.39, 0.29) is 27.7 Å². The summed E-state index contributed by atoms with van der Waals surface area (Å²) in [4.78, 5) is 37.1. The summed E-state index contributed by atoms with van der Waals surface area (Å²) in [6.07, 6.45) is 0. The maximum Gasteiger partial charge on any atom is 4.00 e. The quantitative estimate of drug-likeness (QED) is 0.352. The number of aliphatic hydroxyl groups excluding tert-OH is 1. The molecule has 4 unspecified atom stereocenters. The second kappa shape index (κ2) is 20.6. The SMILES string of the molecule is CCO.O=[PH]([O-])O[PH](=O)[O-].O=[PH]([O-])O[PH](=O)[O-].[Mo+4]. The van der Waals surface area contributed by atoms with Gasteiger partial charge < -0.3 is 42.9 Å². The van der Waals surface area contributed by atoms with E-state index in [1.54, 1.807) is 6.92 Å². The fourth-order valence-corrected chi connectivity index (χ4v) is 1.22. The Balaban J connectivity index is -0.0000000857. The molecule has 1 N–H and O–H groups in total. The third kappa shape index (κ3) is 53.1. The minimum Gasteiger partial charge on any atom is -0.781 e. The van der Waals surface area contributed by atoms with Crippen molar-refractivity contribution < 1.29 is 72.6 Å². The van der Waals surface area contributed by atoms with Crippen molar-refractivity contribution in [3.8, 4) is 0 Å². The number of hydrogen-bond acceptors (Lipinski definition) is 11. The number of aliphatic hydroxyl groups is 1. The molecule has 0 aromatic heterocycles. The van der Waals surface area contributed by atoms with Gasteiger partial charge in [0, 0.05) is 6.61 Å². The molecule has 0 amide bonds. The van der Waals surface area contributed by atoms with Crippen molar-refractivity contribution in [1.82, 2.24) is 0 Å².